The molecule has 3 aromatic rings. The average molecular weight is 623 g/mol. The van der Waals surface area contributed by atoms with Gasteiger partial charge in [0, 0.05) is 5.56 Å². The summed E-state index contributed by atoms with van der Waals surface area (Å²) in [6.07, 6.45) is 10.5. The first-order valence-electron chi connectivity index (χ1n) is 16.3. The molecule has 0 bridgehead atoms. The predicted molar refractivity (Wildman–Crippen MR) is 168 cm³/mol. The third-order valence-corrected chi connectivity index (χ3v) is 9.51. The minimum Gasteiger partial charge on any atom is -0.491 e. The summed E-state index contributed by atoms with van der Waals surface area (Å²) in [5.41, 5.74) is 2.73. The van der Waals surface area contributed by atoms with E-state index in [1.54, 1.807) is 19.1 Å². The Kier molecular flexibility index (Phi) is 11.0. The summed E-state index contributed by atoms with van der Waals surface area (Å²) in [5, 5.41) is 0. The molecular weight excluding hydrogens is 580 g/mol. The van der Waals surface area contributed by atoms with Gasteiger partial charge in [-0.15, -0.1) is 0 Å². The van der Waals surface area contributed by atoms with Crippen LogP contribution in [0.2, 0.25) is 0 Å². The van der Waals surface area contributed by atoms with Crippen molar-refractivity contribution < 1.29 is 31.8 Å². The first kappa shape index (κ1) is 32.8. The Morgan fingerprint density at radius 2 is 1.47 bits per heavy atom. The number of esters is 1. The van der Waals surface area contributed by atoms with Crippen LogP contribution in [-0.4, -0.2) is 18.7 Å². The topological polar surface area (TPSA) is 35.5 Å². The molecule has 45 heavy (non-hydrogen) atoms. The van der Waals surface area contributed by atoms with Gasteiger partial charge in [0.15, 0.2) is 23.2 Å². The molecule has 3 nitrogen and oxygen atoms in total. The molecule has 2 aliphatic rings. The van der Waals surface area contributed by atoms with Gasteiger partial charge < -0.3 is 9.47 Å². The molecule has 5 rings (SSSR count). The van der Waals surface area contributed by atoms with Gasteiger partial charge in [-0.3, -0.25) is 4.79 Å². The van der Waals surface area contributed by atoms with E-state index >= 15 is 0 Å². The minimum atomic E-state index is -0.984. The fourth-order valence-corrected chi connectivity index (χ4v) is 6.89. The SMILES string of the molecule is CC=CCCc1ccc(C2CCC(OC(=O)C3CCC(c4ccc(-c5ccc(OCC)c(F)c5F)cc4)CC3)CC2)c(F)c1F. The van der Waals surface area contributed by atoms with E-state index in [0.717, 1.165) is 31.2 Å². The summed E-state index contributed by atoms with van der Waals surface area (Å²) in [7, 11) is 0. The van der Waals surface area contributed by atoms with Gasteiger partial charge >= 0.3 is 5.97 Å². The second-order valence-corrected chi connectivity index (χ2v) is 12.3. The van der Waals surface area contributed by atoms with Crippen molar-refractivity contribution in [3.8, 4) is 16.9 Å². The van der Waals surface area contributed by atoms with Crippen LogP contribution in [0.4, 0.5) is 17.6 Å². The number of aryl methyl sites for hydroxylation is 1. The van der Waals surface area contributed by atoms with Gasteiger partial charge in [0.1, 0.15) is 6.10 Å². The van der Waals surface area contributed by atoms with E-state index in [2.05, 4.69) is 0 Å². The lowest BCUT2D eigenvalue weighted by molar-refractivity contribution is -0.157. The molecule has 0 spiro atoms. The molecule has 2 saturated carbocycles. The van der Waals surface area contributed by atoms with Crippen LogP contribution in [-0.2, 0) is 16.0 Å². The second-order valence-electron chi connectivity index (χ2n) is 12.3. The lowest BCUT2D eigenvalue weighted by atomic mass is 9.78. The van der Waals surface area contributed by atoms with Gasteiger partial charge in [0.25, 0.3) is 0 Å². The number of halogens is 4. The Bertz CT molecular complexity index is 1480. The fourth-order valence-electron chi connectivity index (χ4n) is 6.89. The number of hydrogen-bond donors (Lipinski definition) is 0. The van der Waals surface area contributed by atoms with Gasteiger partial charge in [-0.25, -0.2) is 13.2 Å². The molecule has 0 N–H and O–H groups in total. The third kappa shape index (κ3) is 7.62. The lowest BCUT2D eigenvalue weighted by Crippen LogP contribution is -2.29. The summed E-state index contributed by atoms with van der Waals surface area (Å²) in [6, 6.07) is 13.9. The van der Waals surface area contributed by atoms with Crippen molar-refractivity contribution in [3.05, 3.63) is 101 Å². The Balaban J connectivity index is 1.09. The molecule has 7 heteroatoms. The quantitative estimate of drug-likeness (QED) is 0.128. The van der Waals surface area contributed by atoms with Gasteiger partial charge in [0.2, 0.25) is 5.82 Å². The molecule has 240 valence electrons. The maximum Gasteiger partial charge on any atom is 0.309 e. The largest absolute Gasteiger partial charge is 0.491 e. The fraction of sp³-hybridized carbons (Fsp3) is 0.447. The minimum absolute atomic E-state index is 0.0779. The number of carbonyl (C=O) groups excluding carboxylic acids is 1. The van der Waals surface area contributed by atoms with Crippen molar-refractivity contribution in [3.63, 3.8) is 0 Å². The summed E-state index contributed by atoms with van der Waals surface area (Å²) in [5.74, 6) is -3.60. The zero-order valence-electron chi connectivity index (χ0n) is 26.1. The van der Waals surface area contributed by atoms with Crippen LogP contribution in [0, 0.1) is 29.2 Å². The van der Waals surface area contributed by atoms with E-state index in [1.807, 2.05) is 43.3 Å². The van der Waals surface area contributed by atoms with Crippen molar-refractivity contribution in [2.75, 3.05) is 6.61 Å². The molecular formula is C38H42F4O3. The van der Waals surface area contributed by atoms with Gasteiger partial charge in [-0.2, -0.15) is 4.39 Å². The summed E-state index contributed by atoms with van der Waals surface area (Å²) in [6.45, 7) is 3.88. The molecule has 0 heterocycles. The number of ether oxygens (including phenoxy) is 2. The highest BCUT2D eigenvalue weighted by Crippen LogP contribution is 2.40. The van der Waals surface area contributed by atoms with E-state index in [0.29, 0.717) is 55.2 Å². The van der Waals surface area contributed by atoms with Gasteiger partial charge in [-0.05, 0) is 124 Å². The van der Waals surface area contributed by atoms with E-state index in [4.69, 9.17) is 9.47 Å². The molecule has 0 aliphatic heterocycles. The van der Waals surface area contributed by atoms with Crippen molar-refractivity contribution in [2.24, 2.45) is 5.92 Å². The van der Waals surface area contributed by atoms with Crippen LogP contribution in [0.5, 0.6) is 5.75 Å². The van der Waals surface area contributed by atoms with Crippen molar-refractivity contribution >= 4 is 5.97 Å². The second kappa shape index (κ2) is 15.1. The number of rotatable bonds is 10. The molecule has 2 fully saturated rings. The summed E-state index contributed by atoms with van der Waals surface area (Å²) >= 11 is 0. The molecule has 0 atom stereocenters. The van der Waals surface area contributed by atoms with Crippen LogP contribution in [0.1, 0.15) is 100 Å². The molecule has 0 amide bonds. The molecule has 0 unspecified atom stereocenters. The van der Waals surface area contributed by atoms with Crippen LogP contribution in [0.25, 0.3) is 11.1 Å². The van der Waals surface area contributed by atoms with Crippen LogP contribution in [0.15, 0.2) is 60.7 Å². The maximum atomic E-state index is 14.9. The zero-order chi connectivity index (χ0) is 31.9. The molecule has 2 aliphatic carbocycles. The Labute approximate surface area is 263 Å². The monoisotopic (exact) mass is 622 g/mol. The Hall–Kier alpha value is -3.61. The van der Waals surface area contributed by atoms with Crippen LogP contribution < -0.4 is 4.74 Å². The number of carbonyl (C=O) groups is 1. The Morgan fingerprint density at radius 1 is 0.778 bits per heavy atom. The van der Waals surface area contributed by atoms with Gasteiger partial charge in [-0.1, -0.05) is 48.6 Å². The van der Waals surface area contributed by atoms with E-state index in [-0.39, 0.29) is 47.7 Å². The zero-order valence-corrected chi connectivity index (χ0v) is 26.1. The first-order valence-corrected chi connectivity index (χ1v) is 16.3. The molecule has 3 aromatic carbocycles. The summed E-state index contributed by atoms with van der Waals surface area (Å²) < 4.78 is 69.7. The third-order valence-electron chi connectivity index (χ3n) is 9.51. The average Bonchev–Trinajstić information content (AvgIpc) is 3.06. The number of hydrogen-bond acceptors (Lipinski definition) is 3. The van der Waals surface area contributed by atoms with Crippen molar-refractivity contribution in [1.29, 1.82) is 0 Å². The molecule has 0 aromatic heterocycles. The van der Waals surface area contributed by atoms with Gasteiger partial charge in [0.05, 0.1) is 12.5 Å². The first-order chi connectivity index (χ1) is 21.8. The standard InChI is InChI=1S/C38H42F4O3/c1-3-5-6-7-28-18-21-31(35(40)34(28)39)27-16-19-30(20-17-27)45-38(43)29-14-10-25(11-15-29)24-8-12-26(13-9-24)32-22-23-33(44-4-2)37(42)36(32)41/h3,5,8-9,12-13,18,21-23,25,27,29-30H,4,6-7,10-11,14-17,19-20H2,1-2H3. The highest BCUT2D eigenvalue weighted by Gasteiger charge is 2.32. The van der Waals surface area contributed by atoms with Crippen LogP contribution >= 0.6 is 0 Å². The molecule has 0 radical (unpaired) electrons. The summed E-state index contributed by atoms with van der Waals surface area (Å²) in [4.78, 5) is 13.0. The maximum absolute atomic E-state index is 14.9. The van der Waals surface area contributed by atoms with E-state index < -0.39 is 23.3 Å². The highest BCUT2D eigenvalue weighted by atomic mass is 19.2. The molecule has 0 saturated heterocycles. The van der Waals surface area contributed by atoms with E-state index in [9.17, 15) is 22.4 Å². The normalized spacial score (nSPS) is 22.0. The van der Waals surface area contributed by atoms with Crippen molar-refractivity contribution in [2.45, 2.75) is 96.0 Å². The number of benzene rings is 3. The number of allylic oxidation sites excluding steroid dienone is 2. The smallest absolute Gasteiger partial charge is 0.309 e. The van der Waals surface area contributed by atoms with Crippen molar-refractivity contribution in [1.82, 2.24) is 0 Å². The van der Waals surface area contributed by atoms with Crippen LogP contribution in [0.3, 0.4) is 0 Å². The van der Waals surface area contributed by atoms with E-state index in [1.165, 1.54) is 12.1 Å². The predicted octanol–water partition coefficient (Wildman–Crippen LogP) is 10.4. The lowest BCUT2D eigenvalue weighted by Gasteiger charge is -2.32. The highest BCUT2D eigenvalue weighted by molar-refractivity contribution is 5.73. The Morgan fingerprint density at radius 3 is 2.13 bits per heavy atom.